The van der Waals surface area contributed by atoms with Gasteiger partial charge in [0, 0.05) is 9.75 Å². The molecule has 1 aliphatic carbocycles. The molecule has 3 rings (SSSR count). The number of halogens is 1. The Morgan fingerprint density at radius 3 is 2.74 bits per heavy atom. The molecule has 4 nitrogen and oxygen atoms in total. The van der Waals surface area contributed by atoms with Gasteiger partial charge in [-0.05, 0) is 31.9 Å². The minimum atomic E-state index is -0.354. The van der Waals surface area contributed by atoms with Gasteiger partial charge in [0.1, 0.15) is 0 Å². The zero-order valence-corrected chi connectivity index (χ0v) is 12.5. The summed E-state index contributed by atoms with van der Waals surface area (Å²) < 4.78 is 5.32. The van der Waals surface area contributed by atoms with E-state index in [1.807, 2.05) is 0 Å². The summed E-state index contributed by atoms with van der Waals surface area (Å²) in [6.45, 7) is 2.10. The highest BCUT2D eigenvalue weighted by atomic mass is 35.5. The minimum Gasteiger partial charge on any atom is -0.339 e. The first-order chi connectivity index (χ1) is 8.66. The van der Waals surface area contributed by atoms with Crippen molar-refractivity contribution < 1.29 is 4.52 Å². The molecule has 0 atom stereocenters. The Labute approximate surface area is 122 Å². The van der Waals surface area contributed by atoms with Crippen molar-refractivity contribution in [3.63, 3.8) is 0 Å². The van der Waals surface area contributed by atoms with Crippen molar-refractivity contribution in [3.8, 4) is 0 Å². The second kappa shape index (κ2) is 5.61. The van der Waals surface area contributed by atoms with Gasteiger partial charge in [-0.2, -0.15) is 4.98 Å². The van der Waals surface area contributed by atoms with E-state index in [0.717, 1.165) is 25.7 Å². The van der Waals surface area contributed by atoms with Crippen LogP contribution in [-0.2, 0) is 12.0 Å². The standard InChI is InChI=1S/C13H17N3OS.ClH/c1-9-4-5-10(18-9)8-11-15-12(16-17-11)13(14)6-2-3-7-13;/h4-5H,2-3,6-8,14H2,1H3;1H. The first-order valence-electron chi connectivity index (χ1n) is 6.33. The Balaban J connectivity index is 0.00000133. The van der Waals surface area contributed by atoms with Crippen molar-refractivity contribution in [2.45, 2.75) is 44.6 Å². The van der Waals surface area contributed by atoms with E-state index in [2.05, 4.69) is 29.2 Å². The molecule has 0 saturated heterocycles. The van der Waals surface area contributed by atoms with Gasteiger partial charge in [0.2, 0.25) is 5.89 Å². The fourth-order valence-corrected chi connectivity index (χ4v) is 3.37. The van der Waals surface area contributed by atoms with Gasteiger partial charge in [0.25, 0.3) is 0 Å². The van der Waals surface area contributed by atoms with Crippen LogP contribution in [0.4, 0.5) is 0 Å². The maximum Gasteiger partial charge on any atom is 0.231 e. The quantitative estimate of drug-likeness (QED) is 0.945. The molecule has 2 N–H and O–H groups in total. The van der Waals surface area contributed by atoms with Crippen LogP contribution in [-0.4, -0.2) is 10.1 Å². The molecule has 19 heavy (non-hydrogen) atoms. The van der Waals surface area contributed by atoms with Crippen molar-refractivity contribution in [2.75, 3.05) is 0 Å². The summed E-state index contributed by atoms with van der Waals surface area (Å²) in [4.78, 5) is 7.02. The Kier molecular flexibility index (Phi) is 4.28. The average molecular weight is 300 g/mol. The zero-order chi connectivity index (χ0) is 12.6. The van der Waals surface area contributed by atoms with E-state index in [4.69, 9.17) is 10.3 Å². The molecule has 6 heteroatoms. The number of nitrogens with zero attached hydrogens (tertiary/aromatic N) is 2. The molecule has 1 fully saturated rings. The predicted octanol–water partition coefficient (Wildman–Crippen LogP) is 3.18. The van der Waals surface area contributed by atoms with Crippen molar-refractivity contribution in [1.82, 2.24) is 10.1 Å². The maximum absolute atomic E-state index is 6.31. The van der Waals surface area contributed by atoms with E-state index in [-0.39, 0.29) is 17.9 Å². The average Bonchev–Trinajstić information content (AvgIpc) is 3.02. The van der Waals surface area contributed by atoms with Gasteiger partial charge in [0.15, 0.2) is 5.82 Å². The van der Waals surface area contributed by atoms with Crippen LogP contribution in [0, 0.1) is 6.92 Å². The van der Waals surface area contributed by atoms with Crippen LogP contribution in [0.5, 0.6) is 0 Å². The van der Waals surface area contributed by atoms with Crippen LogP contribution in [0.15, 0.2) is 16.7 Å². The van der Waals surface area contributed by atoms with Crippen LogP contribution in [0.1, 0.15) is 47.2 Å². The third kappa shape index (κ3) is 2.99. The fourth-order valence-electron chi connectivity index (χ4n) is 2.49. The summed E-state index contributed by atoms with van der Waals surface area (Å²) in [5.41, 5.74) is 5.95. The van der Waals surface area contributed by atoms with Crippen molar-refractivity contribution in [3.05, 3.63) is 33.6 Å². The highest BCUT2D eigenvalue weighted by Crippen LogP contribution is 2.34. The van der Waals surface area contributed by atoms with Gasteiger partial charge in [-0.15, -0.1) is 23.7 Å². The molecule has 104 valence electrons. The molecule has 2 aromatic heterocycles. The van der Waals surface area contributed by atoms with Crippen LogP contribution < -0.4 is 5.73 Å². The molecule has 2 heterocycles. The van der Waals surface area contributed by atoms with Gasteiger partial charge in [-0.3, -0.25) is 0 Å². The molecule has 0 aromatic carbocycles. The second-order valence-electron chi connectivity index (χ2n) is 5.06. The Morgan fingerprint density at radius 2 is 2.11 bits per heavy atom. The molecule has 0 radical (unpaired) electrons. The minimum absolute atomic E-state index is 0. The first-order valence-corrected chi connectivity index (χ1v) is 7.15. The van der Waals surface area contributed by atoms with E-state index >= 15 is 0 Å². The Bertz CT molecular complexity index is 546. The topological polar surface area (TPSA) is 64.9 Å². The lowest BCUT2D eigenvalue weighted by molar-refractivity contribution is 0.352. The molecule has 0 amide bonds. The van der Waals surface area contributed by atoms with Gasteiger partial charge >= 0.3 is 0 Å². The number of hydrogen-bond acceptors (Lipinski definition) is 5. The normalized spacial score (nSPS) is 17.4. The second-order valence-corrected chi connectivity index (χ2v) is 6.44. The van der Waals surface area contributed by atoms with Crippen LogP contribution >= 0.6 is 23.7 Å². The molecule has 0 aliphatic heterocycles. The van der Waals surface area contributed by atoms with E-state index in [9.17, 15) is 0 Å². The van der Waals surface area contributed by atoms with Crippen molar-refractivity contribution in [1.29, 1.82) is 0 Å². The highest BCUT2D eigenvalue weighted by Gasteiger charge is 2.35. The molecule has 1 aliphatic rings. The van der Waals surface area contributed by atoms with Gasteiger partial charge in [0.05, 0.1) is 12.0 Å². The highest BCUT2D eigenvalue weighted by molar-refractivity contribution is 7.11. The fraction of sp³-hybridized carbons (Fsp3) is 0.538. The van der Waals surface area contributed by atoms with Crippen LogP contribution in [0.3, 0.4) is 0 Å². The number of aryl methyl sites for hydroxylation is 1. The van der Waals surface area contributed by atoms with E-state index in [1.165, 1.54) is 9.75 Å². The Hall–Kier alpha value is -0.910. The van der Waals surface area contributed by atoms with Gasteiger partial charge in [-0.25, -0.2) is 0 Å². The first kappa shape index (κ1) is 14.5. The number of rotatable bonds is 3. The lowest BCUT2D eigenvalue weighted by Crippen LogP contribution is -2.34. The van der Waals surface area contributed by atoms with E-state index in [1.54, 1.807) is 11.3 Å². The molecule has 0 unspecified atom stereocenters. The molecular formula is C13H18ClN3OS. The zero-order valence-electron chi connectivity index (χ0n) is 10.9. The molecule has 0 spiro atoms. The van der Waals surface area contributed by atoms with Crippen molar-refractivity contribution in [2.24, 2.45) is 5.73 Å². The summed E-state index contributed by atoms with van der Waals surface area (Å²) in [7, 11) is 0. The lowest BCUT2D eigenvalue weighted by Gasteiger charge is -2.17. The third-order valence-electron chi connectivity index (χ3n) is 3.53. The molecular weight excluding hydrogens is 282 g/mol. The predicted molar refractivity (Wildman–Crippen MR) is 77.7 cm³/mol. The Morgan fingerprint density at radius 1 is 1.37 bits per heavy atom. The summed E-state index contributed by atoms with van der Waals surface area (Å²) >= 11 is 1.76. The number of aromatic nitrogens is 2. The summed E-state index contributed by atoms with van der Waals surface area (Å²) in [5.74, 6) is 1.35. The third-order valence-corrected chi connectivity index (χ3v) is 4.53. The molecule has 1 saturated carbocycles. The van der Waals surface area contributed by atoms with Crippen LogP contribution in [0.2, 0.25) is 0 Å². The summed E-state index contributed by atoms with van der Waals surface area (Å²) in [6, 6.07) is 4.22. The maximum atomic E-state index is 6.31. The smallest absolute Gasteiger partial charge is 0.231 e. The molecule has 2 aromatic rings. The van der Waals surface area contributed by atoms with E-state index in [0.29, 0.717) is 18.1 Å². The lowest BCUT2D eigenvalue weighted by atomic mass is 9.99. The van der Waals surface area contributed by atoms with Gasteiger partial charge in [-0.1, -0.05) is 18.0 Å². The SMILES string of the molecule is Cc1ccc(Cc2nc(C3(N)CCCC3)no2)s1.Cl. The number of hydrogen-bond donors (Lipinski definition) is 1. The van der Waals surface area contributed by atoms with Crippen LogP contribution in [0.25, 0.3) is 0 Å². The summed E-state index contributed by atoms with van der Waals surface area (Å²) in [5, 5.41) is 4.07. The number of thiophene rings is 1. The largest absolute Gasteiger partial charge is 0.339 e. The molecule has 0 bridgehead atoms. The number of nitrogens with two attached hydrogens (primary N) is 1. The summed E-state index contributed by atoms with van der Waals surface area (Å²) in [6.07, 6.45) is 4.95. The van der Waals surface area contributed by atoms with Crippen molar-refractivity contribution >= 4 is 23.7 Å². The monoisotopic (exact) mass is 299 g/mol. The van der Waals surface area contributed by atoms with E-state index < -0.39 is 0 Å². The van der Waals surface area contributed by atoms with Gasteiger partial charge < -0.3 is 10.3 Å².